The van der Waals surface area contributed by atoms with Crippen molar-refractivity contribution in [2.75, 3.05) is 13.1 Å². The lowest BCUT2D eigenvalue weighted by molar-refractivity contribution is -0.127. The van der Waals surface area contributed by atoms with Crippen LogP contribution >= 0.6 is 0 Å². The smallest absolute Gasteiger partial charge is 0.270 e. The summed E-state index contributed by atoms with van der Waals surface area (Å²) < 4.78 is 0. The SMILES string of the molecule is CCCC(C)NC(=O)C1CCCN(C(=O)c2cc3ccccc3[nH]2)C1. The summed E-state index contributed by atoms with van der Waals surface area (Å²) in [6, 6.07) is 9.95. The summed E-state index contributed by atoms with van der Waals surface area (Å²) in [6.45, 7) is 5.36. The number of fused-ring (bicyclic) bond motifs is 1. The van der Waals surface area contributed by atoms with E-state index in [2.05, 4.69) is 17.2 Å². The highest BCUT2D eigenvalue weighted by molar-refractivity contribution is 5.98. The van der Waals surface area contributed by atoms with Crippen LogP contribution in [0.1, 0.15) is 50.0 Å². The predicted octanol–water partition coefficient (Wildman–Crippen LogP) is 3.32. The lowest BCUT2D eigenvalue weighted by Crippen LogP contribution is -2.47. The minimum absolute atomic E-state index is 0.0182. The van der Waals surface area contributed by atoms with Crippen molar-refractivity contribution in [2.24, 2.45) is 5.92 Å². The van der Waals surface area contributed by atoms with E-state index in [-0.39, 0.29) is 23.8 Å². The van der Waals surface area contributed by atoms with Crippen LogP contribution in [-0.2, 0) is 4.79 Å². The molecule has 1 aliphatic heterocycles. The van der Waals surface area contributed by atoms with Crippen molar-refractivity contribution < 1.29 is 9.59 Å². The second-order valence-electron chi connectivity index (χ2n) is 7.06. The van der Waals surface area contributed by atoms with Crippen molar-refractivity contribution in [1.29, 1.82) is 0 Å². The molecule has 0 aliphatic carbocycles. The quantitative estimate of drug-likeness (QED) is 0.876. The van der Waals surface area contributed by atoms with Gasteiger partial charge in [0.25, 0.3) is 5.91 Å². The van der Waals surface area contributed by atoms with Gasteiger partial charge in [-0.15, -0.1) is 0 Å². The van der Waals surface area contributed by atoms with Gasteiger partial charge in [-0.2, -0.15) is 0 Å². The first-order valence-corrected chi connectivity index (χ1v) is 9.26. The molecule has 5 heteroatoms. The van der Waals surface area contributed by atoms with Crippen molar-refractivity contribution in [1.82, 2.24) is 15.2 Å². The number of nitrogens with zero attached hydrogens (tertiary/aromatic N) is 1. The Kier molecular flexibility index (Phi) is 5.41. The summed E-state index contributed by atoms with van der Waals surface area (Å²) in [5.41, 5.74) is 1.56. The number of nitrogens with one attached hydrogen (secondary N) is 2. The summed E-state index contributed by atoms with van der Waals surface area (Å²) in [7, 11) is 0. The predicted molar refractivity (Wildman–Crippen MR) is 99.4 cm³/mol. The molecule has 2 unspecified atom stereocenters. The molecule has 2 atom stereocenters. The molecule has 1 aromatic heterocycles. The molecule has 2 N–H and O–H groups in total. The molecule has 1 saturated heterocycles. The van der Waals surface area contributed by atoms with E-state index in [0.717, 1.165) is 36.6 Å². The minimum Gasteiger partial charge on any atom is -0.353 e. The number of benzene rings is 1. The van der Waals surface area contributed by atoms with Gasteiger partial charge in [0.05, 0.1) is 5.92 Å². The second-order valence-corrected chi connectivity index (χ2v) is 7.06. The fourth-order valence-corrected chi connectivity index (χ4v) is 3.60. The first-order chi connectivity index (χ1) is 12.1. The van der Waals surface area contributed by atoms with Crippen LogP contribution in [0, 0.1) is 5.92 Å². The molecule has 0 bridgehead atoms. The Morgan fingerprint density at radius 2 is 2.16 bits per heavy atom. The zero-order chi connectivity index (χ0) is 17.8. The van der Waals surface area contributed by atoms with E-state index in [1.54, 1.807) is 0 Å². The van der Waals surface area contributed by atoms with Crippen molar-refractivity contribution in [3.8, 4) is 0 Å². The third-order valence-corrected chi connectivity index (χ3v) is 4.95. The van der Waals surface area contributed by atoms with Crippen LogP contribution < -0.4 is 5.32 Å². The van der Waals surface area contributed by atoms with Crippen LogP contribution in [0.4, 0.5) is 0 Å². The van der Waals surface area contributed by atoms with E-state index in [4.69, 9.17) is 0 Å². The highest BCUT2D eigenvalue weighted by Crippen LogP contribution is 2.21. The van der Waals surface area contributed by atoms with Gasteiger partial charge in [-0.1, -0.05) is 31.5 Å². The number of carbonyl (C=O) groups is 2. The van der Waals surface area contributed by atoms with Gasteiger partial charge in [0.2, 0.25) is 5.91 Å². The maximum absolute atomic E-state index is 12.8. The fourth-order valence-electron chi connectivity index (χ4n) is 3.60. The van der Waals surface area contributed by atoms with E-state index in [0.29, 0.717) is 18.8 Å². The molecule has 1 aromatic carbocycles. The Morgan fingerprint density at radius 3 is 2.92 bits per heavy atom. The third-order valence-electron chi connectivity index (χ3n) is 4.95. The monoisotopic (exact) mass is 341 g/mol. The lowest BCUT2D eigenvalue weighted by atomic mass is 9.96. The molecule has 3 rings (SSSR count). The van der Waals surface area contributed by atoms with Gasteiger partial charge >= 0.3 is 0 Å². The normalized spacial score (nSPS) is 19.0. The molecule has 0 spiro atoms. The first kappa shape index (κ1) is 17.5. The van der Waals surface area contributed by atoms with Crippen molar-refractivity contribution in [2.45, 2.75) is 45.6 Å². The van der Waals surface area contributed by atoms with Crippen LogP contribution in [-0.4, -0.2) is 40.8 Å². The van der Waals surface area contributed by atoms with E-state index >= 15 is 0 Å². The number of rotatable bonds is 5. The number of carbonyl (C=O) groups excluding carboxylic acids is 2. The summed E-state index contributed by atoms with van der Waals surface area (Å²) in [5, 5.41) is 4.12. The molecular formula is C20H27N3O2. The summed E-state index contributed by atoms with van der Waals surface area (Å²) in [4.78, 5) is 30.3. The van der Waals surface area contributed by atoms with Crippen molar-refractivity contribution >= 4 is 22.7 Å². The van der Waals surface area contributed by atoms with E-state index in [1.807, 2.05) is 42.2 Å². The van der Waals surface area contributed by atoms with Crippen LogP contribution in [0.15, 0.2) is 30.3 Å². The van der Waals surface area contributed by atoms with Gasteiger partial charge in [-0.05, 0) is 38.3 Å². The Labute approximate surface area is 148 Å². The van der Waals surface area contributed by atoms with Crippen LogP contribution in [0.3, 0.4) is 0 Å². The molecule has 0 saturated carbocycles. The molecule has 2 aromatic rings. The molecule has 5 nitrogen and oxygen atoms in total. The number of amides is 2. The Hall–Kier alpha value is -2.30. The number of H-pyrrole nitrogens is 1. The lowest BCUT2D eigenvalue weighted by Gasteiger charge is -2.32. The molecule has 1 fully saturated rings. The van der Waals surface area contributed by atoms with Crippen molar-refractivity contribution in [3.63, 3.8) is 0 Å². The maximum Gasteiger partial charge on any atom is 0.270 e. The number of hydrogen-bond donors (Lipinski definition) is 2. The molecule has 134 valence electrons. The Bertz CT molecular complexity index is 719. The van der Waals surface area contributed by atoms with Gasteiger partial charge in [-0.25, -0.2) is 0 Å². The summed E-state index contributed by atoms with van der Waals surface area (Å²) in [6.07, 6.45) is 3.75. The molecule has 25 heavy (non-hydrogen) atoms. The summed E-state index contributed by atoms with van der Waals surface area (Å²) in [5.74, 6) is -0.0493. The number of aromatic nitrogens is 1. The van der Waals surface area contributed by atoms with E-state index in [1.165, 1.54) is 0 Å². The number of hydrogen-bond acceptors (Lipinski definition) is 2. The first-order valence-electron chi connectivity index (χ1n) is 9.26. The third kappa shape index (κ3) is 4.03. The number of para-hydroxylation sites is 1. The van der Waals surface area contributed by atoms with E-state index < -0.39 is 0 Å². The minimum atomic E-state index is -0.110. The Morgan fingerprint density at radius 1 is 1.36 bits per heavy atom. The average Bonchev–Trinajstić information content (AvgIpc) is 3.05. The molecule has 2 amide bonds. The van der Waals surface area contributed by atoms with Gasteiger partial charge in [-0.3, -0.25) is 9.59 Å². The van der Waals surface area contributed by atoms with E-state index in [9.17, 15) is 9.59 Å². The zero-order valence-electron chi connectivity index (χ0n) is 15.0. The largest absolute Gasteiger partial charge is 0.353 e. The molecule has 2 heterocycles. The average molecular weight is 341 g/mol. The van der Waals surface area contributed by atoms with Gasteiger partial charge in [0, 0.05) is 30.0 Å². The fraction of sp³-hybridized carbons (Fsp3) is 0.500. The van der Waals surface area contributed by atoms with Crippen LogP contribution in [0.2, 0.25) is 0 Å². The standard InChI is InChI=1S/C20H27N3O2/c1-3-7-14(2)21-19(24)16-9-6-11-23(13-16)20(25)18-12-15-8-4-5-10-17(15)22-18/h4-5,8,10,12,14,16,22H,3,6-7,9,11,13H2,1-2H3,(H,21,24). The number of piperidine rings is 1. The van der Waals surface area contributed by atoms with Crippen LogP contribution in [0.25, 0.3) is 10.9 Å². The number of aromatic amines is 1. The topological polar surface area (TPSA) is 65.2 Å². The zero-order valence-corrected chi connectivity index (χ0v) is 15.0. The van der Waals surface area contributed by atoms with Gasteiger partial charge in [0.15, 0.2) is 0 Å². The Balaban J connectivity index is 1.66. The van der Waals surface area contributed by atoms with Crippen molar-refractivity contribution in [3.05, 3.63) is 36.0 Å². The molecule has 1 aliphatic rings. The van der Waals surface area contributed by atoms with Gasteiger partial charge in [0.1, 0.15) is 5.69 Å². The molecular weight excluding hydrogens is 314 g/mol. The summed E-state index contributed by atoms with van der Waals surface area (Å²) >= 11 is 0. The second kappa shape index (κ2) is 7.72. The van der Waals surface area contributed by atoms with Gasteiger partial charge < -0.3 is 15.2 Å². The maximum atomic E-state index is 12.8. The number of likely N-dealkylation sites (tertiary alicyclic amines) is 1. The molecule has 0 radical (unpaired) electrons. The highest BCUT2D eigenvalue weighted by atomic mass is 16.2. The van der Waals surface area contributed by atoms with Crippen LogP contribution in [0.5, 0.6) is 0 Å². The highest BCUT2D eigenvalue weighted by Gasteiger charge is 2.29.